The monoisotopic (exact) mass is 496 g/mol. The minimum atomic E-state index is -3.90. The van der Waals surface area contributed by atoms with Crippen molar-refractivity contribution in [3.05, 3.63) is 96.3 Å². The molecule has 3 aromatic carbocycles. The molecule has 0 fully saturated rings. The number of sulfonamides is 1. The number of carbonyl (C=O) groups excluding carboxylic acids is 1. The van der Waals surface area contributed by atoms with Gasteiger partial charge in [0.05, 0.1) is 10.4 Å². The lowest BCUT2D eigenvalue weighted by Gasteiger charge is -2.15. The molecule has 5 rings (SSSR count). The molecule has 0 saturated carbocycles. The Bertz CT molecular complexity index is 1710. The maximum atomic E-state index is 13.5. The minimum absolute atomic E-state index is 0.0983. The van der Waals surface area contributed by atoms with Gasteiger partial charge >= 0.3 is 0 Å². The zero-order valence-corrected chi connectivity index (χ0v) is 20.9. The number of nitrogens with one attached hydrogen (secondary N) is 1. The number of carbonyl (C=O) groups is 1. The number of fused-ring (bicyclic) bond motifs is 1. The normalized spacial score (nSPS) is 11.5. The molecular weight excluding hydrogens is 472 g/mol. The lowest BCUT2D eigenvalue weighted by Crippen LogP contribution is -2.15. The van der Waals surface area contributed by atoms with E-state index in [0.717, 1.165) is 16.5 Å². The Morgan fingerprint density at radius 3 is 2.28 bits per heavy atom. The Balaban J connectivity index is 1.80. The third-order valence-electron chi connectivity index (χ3n) is 6.17. The van der Waals surface area contributed by atoms with E-state index < -0.39 is 10.0 Å². The minimum Gasteiger partial charge on any atom is -0.329 e. The van der Waals surface area contributed by atoms with Crippen molar-refractivity contribution in [2.24, 2.45) is 7.05 Å². The van der Waals surface area contributed by atoms with Gasteiger partial charge in [0.1, 0.15) is 5.82 Å². The van der Waals surface area contributed by atoms with Crippen LogP contribution >= 0.6 is 0 Å². The van der Waals surface area contributed by atoms with E-state index in [4.69, 9.17) is 0 Å². The van der Waals surface area contributed by atoms with Crippen LogP contribution in [0.2, 0.25) is 0 Å². The van der Waals surface area contributed by atoms with Crippen LogP contribution < -0.4 is 4.72 Å². The number of para-hydroxylation sites is 1. The third kappa shape index (κ3) is 4.16. The Morgan fingerprint density at radius 1 is 0.889 bits per heavy atom. The third-order valence-corrected chi connectivity index (χ3v) is 7.53. The first-order valence-electron chi connectivity index (χ1n) is 11.4. The molecule has 36 heavy (non-hydrogen) atoms. The fourth-order valence-corrected chi connectivity index (χ4v) is 5.40. The van der Waals surface area contributed by atoms with Crippen LogP contribution in [0.3, 0.4) is 0 Å². The van der Waals surface area contributed by atoms with Crippen LogP contribution in [0.25, 0.3) is 33.4 Å². The molecule has 7 nitrogen and oxygen atoms in total. The summed E-state index contributed by atoms with van der Waals surface area (Å²) in [5.41, 5.74) is 4.30. The van der Waals surface area contributed by atoms with Crippen LogP contribution in [0, 0.1) is 6.92 Å². The average Bonchev–Trinajstić information content (AvgIpc) is 3.15. The molecule has 0 spiro atoms. The van der Waals surface area contributed by atoms with Gasteiger partial charge < -0.3 is 4.57 Å². The molecular formula is C28H24N4O3S. The molecule has 0 atom stereocenters. The van der Waals surface area contributed by atoms with E-state index in [2.05, 4.69) is 14.7 Å². The molecule has 0 bridgehead atoms. The van der Waals surface area contributed by atoms with Crippen molar-refractivity contribution in [1.29, 1.82) is 0 Å². The van der Waals surface area contributed by atoms with Crippen molar-refractivity contribution in [3.63, 3.8) is 0 Å². The average molecular weight is 497 g/mol. The molecule has 0 amide bonds. The van der Waals surface area contributed by atoms with Crippen LogP contribution in [0.15, 0.2) is 90.1 Å². The summed E-state index contributed by atoms with van der Waals surface area (Å²) in [7, 11) is -2.09. The molecule has 0 aliphatic carbocycles. The maximum Gasteiger partial charge on any atom is 0.263 e. The topological polar surface area (TPSA) is 94.0 Å². The van der Waals surface area contributed by atoms with Crippen molar-refractivity contribution in [2.45, 2.75) is 18.7 Å². The molecule has 2 heterocycles. The van der Waals surface area contributed by atoms with Crippen LogP contribution in [-0.2, 0) is 17.1 Å². The first kappa shape index (κ1) is 23.4. The van der Waals surface area contributed by atoms with E-state index in [9.17, 15) is 13.2 Å². The van der Waals surface area contributed by atoms with E-state index in [1.807, 2.05) is 42.8 Å². The molecule has 1 N–H and O–H groups in total. The maximum absolute atomic E-state index is 13.5. The van der Waals surface area contributed by atoms with Crippen molar-refractivity contribution < 1.29 is 13.2 Å². The number of Topliss-reactive ketones (excluding diaryl/α,β-unsaturated/α-hetero) is 1. The molecule has 0 aliphatic heterocycles. The van der Waals surface area contributed by atoms with Gasteiger partial charge in [0.25, 0.3) is 10.0 Å². The van der Waals surface area contributed by atoms with Crippen LogP contribution in [-0.4, -0.2) is 28.7 Å². The van der Waals surface area contributed by atoms with Gasteiger partial charge in [-0.2, -0.15) is 0 Å². The summed E-state index contributed by atoms with van der Waals surface area (Å²) in [6, 6.07) is 21.4. The molecule has 180 valence electrons. The Hall–Kier alpha value is -4.30. The number of rotatable bonds is 6. The summed E-state index contributed by atoms with van der Waals surface area (Å²) in [6.07, 6.45) is 3.30. The highest BCUT2D eigenvalue weighted by atomic mass is 32.2. The van der Waals surface area contributed by atoms with Crippen molar-refractivity contribution >= 4 is 32.5 Å². The predicted octanol–water partition coefficient (Wildman–Crippen LogP) is 5.61. The fraction of sp³-hybridized carbons (Fsp3) is 0.107. The van der Waals surface area contributed by atoms with Gasteiger partial charge in [-0.25, -0.2) is 18.4 Å². The van der Waals surface area contributed by atoms with Crippen molar-refractivity contribution in [3.8, 4) is 22.5 Å². The van der Waals surface area contributed by atoms with Crippen LogP contribution in [0.4, 0.5) is 5.82 Å². The summed E-state index contributed by atoms with van der Waals surface area (Å²) < 4.78 is 31.5. The van der Waals surface area contributed by atoms with E-state index in [-0.39, 0.29) is 10.7 Å². The molecule has 0 saturated heterocycles. The smallest absolute Gasteiger partial charge is 0.263 e. The highest BCUT2D eigenvalue weighted by molar-refractivity contribution is 7.92. The fourth-order valence-electron chi connectivity index (χ4n) is 4.29. The van der Waals surface area contributed by atoms with Gasteiger partial charge in [0.2, 0.25) is 0 Å². The first-order valence-corrected chi connectivity index (χ1v) is 12.8. The standard InChI is InChI=1S/C28H24N4O3S/c1-18-9-12-21(13-10-18)36(34,35)31-28-26(23-7-4-5-8-25(23)32(28)3)24-17-20(19(2)33)11-14-22(24)27-29-15-6-16-30-27/h4-17,31H,1-3H3. The van der Waals surface area contributed by atoms with Gasteiger partial charge in [-0.15, -0.1) is 0 Å². The molecule has 8 heteroatoms. The first-order chi connectivity index (χ1) is 17.3. The number of nitrogens with zero attached hydrogens (tertiary/aromatic N) is 3. The second-order valence-corrected chi connectivity index (χ2v) is 10.3. The lowest BCUT2D eigenvalue weighted by molar-refractivity contribution is 0.101. The Labute approximate surface area is 209 Å². The van der Waals surface area contributed by atoms with Crippen molar-refractivity contribution in [2.75, 3.05) is 4.72 Å². The highest BCUT2D eigenvalue weighted by Crippen LogP contribution is 2.43. The lowest BCUT2D eigenvalue weighted by atomic mass is 9.94. The number of anilines is 1. The van der Waals surface area contributed by atoms with Gasteiger partial charge in [-0.05, 0) is 55.8 Å². The van der Waals surface area contributed by atoms with E-state index >= 15 is 0 Å². The van der Waals surface area contributed by atoms with Crippen LogP contribution in [0.5, 0.6) is 0 Å². The number of hydrogen-bond acceptors (Lipinski definition) is 5. The summed E-state index contributed by atoms with van der Waals surface area (Å²) in [5, 5.41) is 0.833. The SMILES string of the molecule is CC(=O)c1ccc(-c2ncccn2)c(-c2c(NS(=O)(=O)c3ccc(C)cc3)n(C)c3ccccc23)c1. The molecule has 2 aromatic heterocycles. The number of aryl methyl sites for hydroxylation is 2. The summed E-state index contributed by atoms with van der Waals surface area (Å²) in [4.78, 5) is 21.3. The summed E-state index contributed by atoms with van der Waals surface area (Å²) in [6.45, 7) is 3.41. The van der Waals surface area contributed by atoms with E-state index in [1.165, 1.54) is 6.92 Å². The van der Waals surface area contributed by atoms with Gasteiger partial charge in [0.15, 0.2) is 11.6 Å². The quantitative estimate of drug-likeness (QED) is 0.308. The van der Waals surface area contributed by atoms with Gasteiger partial charge in [-0.1, -0.05) is 42.0 Å². The second kappa shape index (κ2) is 9.05. The zero-order chi connectivity index (χ0) is 25.4. The van der Waals surface area contributed by atoms with Crippen LogP contribution in [0.1, 0.15) is 22.8 Å². The number of ketones is 1. The molecule has 0 unspecified atom stereocenters. The summed E-state index contributed by atoms with van der Waals surface area (Å²) in [5.74, 6) is 0.760. The summed E-state index contributed by atoms with van der Waals surface area (Å²) >= 11 is 0. The number of hydrogen-bond donors (Lipinski definition) is 1. The van der Waals surface area contributed by atoms with E-state index in [0.29, 0.717) is 33.9 Å². The molecule has 5 aromatic rings. The largest absolute Gasteiger partial charge is 0.329 e. The highest BCUT2D eigenvalue weighted by Gasteiger charge is 2.25. The Kier molecular flexibility index (Phi) is 5.89. The second-order valence-electron chi connectivity index (χ2n) is 8.61. The zero-order valence-electron chi connectivity index (χ0n) is 20.1. The van der Waals surface area contributed by atoms with Gasteiger partial charge in [0, 0.05) is 41.5 Å². The van der Waals surface area contributed by atoms with Crippen molar-refractivity contribution in [1.82, 2.24) is 14.5 Å². The predicted molar refractivity (Wildman–Crippen MR) is 141 cm³/mol. The molecule has 0 radical (unpaired) electrons. The van der Waals surface area contributed by atoms with E-state index in [1.54, 1.807) is 60.9 Å². The Morgan fingerprint density at radius 2 is 1.58 bits per heavy atom. The number of aromatic nitrogens is 3. The molecule has 0 aliphatic rings. The van der Waals surface area contributed by atoms with Gasteiger partial charge in [-0.3, -0.25) is 9.52 Å². The number of benzene rings is 3.